The third-order valence-corrected chi connectivity index (χ3v) is 4.26. The molecule has 2 aromatic rings. The standard InChI is InChI=1S/C21H29N3O4/c1-5-18-17(14-23-24(18)21(2,3)4)20(27)22-13-15-8-10-16(11-9-15)28-12-6-7-19(25)26/h8-11,14H,5-7,12-13H2,1-4H3,(H,22,27)(H,25,26). The lowest BCUT2D eigenvalue weighted by atomic mass is 10.1. The number of nitrogens with zero attached hydrogens (tertiary/aromatic N) is 2. The van der Waals surface area contributed by atoms with E-state index in [0.29, 0.717) is 30.9 Å². The van der Waals surface area contributed by atoms with Crippen molar-refractivity contribution in [3.8, 4) is 5.75 Å². The number of carboxylic acids is 1. The minimum Gasteiger partial charge on any atom is -0.494 e. The van der Waals surface area contributed by atoms with E-state index in [1.54, 1.807) is 6.20 Å². The van der Waals surface area contributed by atoms with Crippen LogP contribution in [0, 0.1) is 0 Å². The van der Waals surface area contributed by atoms with Gasteiger partial charge in [0.25, 0.3) is 5.91 Å². The molecule has 7 heteroatoms. The second kappa shape index (κ2) is 9.39. The Kier molecular flexibility index (Phi) is 7.20. The van der Waals surface area contributed by atoms with Gasteiger partial charge in [-0.15, -0.1) is 0 Å². The fourth-order valence-corrected chi connectivity index (χ4v) is 2.88. The zero-order chi connectivity index (χ0) is 20.7. The molecule has 0 bridgehead atoms. The molecule has 0 unspecified atom stereocenters. The van der Waals surface area contributed by atoms with Gasteiger partial charge in [0.05, 0.1) is 29.6 Å². The van der Waals surface area contributed by atoms with Crippen LogP contribution in [-0.4, -0.2) is 33.4 Å². The van der Waals surface area contributed by atoms with E-state index in [4.69, 9.17) is 9.84 Å². The molecule has 28 heavy (non-hydrogen) atoms. The van der Waals surface area contributed by atoms with Crippen molar-refractivity contribution < 1.29 is 19.4 Å². The number of benzene rings is 1. The summed E-state index contributed by atoms with van der Waals surface area (Å²) in [4.78, 5) is 23.1. The lowest BCUT2D eigenvalue weighted by molar-refractivity contribution is -0.137. The largest absolute Gasteiger partial charge is 0.494 e. The fraction of sp³-hybridized carbons (Fsp3) is 0.476. The summed E-state index contributed by atoms with van der Waals surface area (Å²) < 4.78 is 7.41. The van der Waals surface area contributed by atoms with Gasteiger partial charge in [0, 0.05) is 13.0 Å². The maximum atomic E-state index is 12.6. The molecule has 1 aromatic heterocycles. The summed E-state index contributed by atoms with van der Waals surface area (Å²) in [5, 5.41) is 15.9. The maximum absolute atomic E-state index is 12.6. The van der Waals surface area contributed by atoms with Crippen LogP contribution in [0.15, 0.2) is 30.5 Å². The molecule has 152 valence electrons. The number of hydrogen-bond acceptors (Lipinski definition) is 4. The first-order valence-corrected chi connectivity index (χ1v) is 9.51. The molecule has 2 N–H and O–H groups in total. The van der Waals surface area contributed by atoms with Crippen LogP contribution in [0.25, 0.3) is 0 Å². The highest BCUT2D eigenvalue weighted by atomic mass is 16.5. The van der Waals surface area contributed by atoms with E-state index in [-0.39, 0.29) is 17.9 Å². The molecule has 1 amide bonds. The second-order valence-electron chi connectivity index (χ2n) is 7.61. The number of carbonyl (C=O) groups is 2. The molecule has 2 rings (SSSR count). The van der Waals surface area contributed by atoms with Gasteiger partial charge in [0.15, 0.2) is 0 Å². The van der Waals surface area contributed by atoms with Crippen LogP contribution in [0.3, 0.4) is 0 Å². The van der Waals surface area contributed by atoms with Crippen LogP contribution in [0.2, 0.25) is 0 Å². The van der Waals surface area contributed by atoms with E-state index in [9.17, 15) is 9.59 Å². The smallest absolute Gasteiger partial charge is 0.303 e. The van der Waals surface area contributed by atoms with Crippen molar-refractivity contribution in [1.82, 2.24) is 15.1 Å². The molecule has 0 atom stereocenters. The molecule has 0 saturated carbocycles. The Hall–Kier alpha value is -2.83. The van der Waals surface area contributed by atoms with Crippen molar-refractivity contribution in [2.75, 3.05) is 6.61 Å². The molecule has 0 radical (unpaired) electrons. The quantitative estimate of drug-likeness (QED) is 0.644. The number of aliphatic carboxylic acids is 1. The molecular formula is C21H29N3O4. The Bertz CT molecular complexity index is 804. The van der Waals surface area contributed by atoms with Crippen molar-refractivity contribution in [3.05, 3.63) is 47.3 Å². The summed E-state index contributed by atoms with van der Waals surface area (Å²) in [6.45, 7) is 8.97. The Morgan fingerprint density at radius 2 is 1.89 bits per heavy atom. The molecule has 0 aliphatic rings. The first-order chi connectivity index (χ1) is 13.2. The number of aromatic nitrogens is 2. The van der Waals surface area contributed by atoms with Gasteiger partial charge in [-0.2, -0.15) is 5.10 Å². The summed E-state index contributed by atoms with van der Waals surface area (Å²) in [5.74, 6) is -0.282. The zero-order valence-corrected chi connectivity index (χ0v) is 17.0. The third-order valence-electron chi connectivity index (χ3n) is 4.26. The number of ether oxygens (including phenoxy) is 1. The van der Waals surface area contributed by atoms with Crippen molar-refractivity contribution >= 4 is 11.9 Å². The number of carboxylic acid groups (broad SMARTS) is 1. The molecule has 0 aliphatic carbocycles. The van der Waals surface area contributed by atoms with Crippen molar-refractivity contribution in [2.45, 2.75) is 59.0 Å². The van der Waals surface area contributed by atoms with Gasteiger partial charge in [-0.1, -0.05) is 19.1 Å². The van der Waals surface area contributed by atoms with E-state index < -0.39 is 5.97 Å². The van der Waals surface area contributed by atoms with Gasteiger partial charge >= 0.3 is 5.97 Å². The van der Waals surface area contributed by atoms with E-state index in [2.05, 4.69) is 31.2 Å². The first kappa shape index (κ1) is 21.5. The van der Waals surface area contributed by atoms with E-state index in [1.165, 1.54) is 0 Å². The average Bonchev–Trinajstić information content (AvgIpc) is 3.08. The maximum Gasteiger partial charge on any atom is 0.303 e. The lowest BCUT2D eigenvalue weighted by Crippen LogP contribution is -2.27. The lowest BCUT2D eigenvalue weighted by Gasteiger charge is -2.22. The summed E-state index contributed by atoms with van der Waals surface area (Å²) in [7, 11) is 0. The normalized spacial score (nSPS) is 11.3. The molecule has 1 heterocycles. The summed E-state index contributed by atoms with van der Waals surface area (Å²) >= 11 is 0. The monoisotopic (exact) mass is 387 g/mol. The predicted molar refractivity (Wildman–Crippen MR) is 107 cm³/mol. The molecular weight excluding hydrogens is 358 g/mol. The Morgan fingerprint density at radius 3 is 2.46 bits per heavy atom. The fourth-order valence-electron chi connectivity index (χ4n) is 2.88. The van der Waals surface area contributed by atoms with Crippen LogP contribution >= 0.6 is 0 Å². The molecule has 0 fully saturated rings. The van der Waals surface area contributed by atoms with Crippen molar-refractivity contribution in [3.63, 3.8) is 0 Å². The van der Waals surface area contributed by atoms with Gasteiger partial charge in [-0.3, -0.25) is 14.3 Å². The summed E-state index contributed by atoms with van der Waals surface area (Å²) in [6, 6.07) is 7.40. The van der Waals surface area contributed by atoms with Gasteiger partial charge in [0.2, 0.25) is 0 Å². The molecule has 7 nitrogen and oxygen atoms in total. The number of hydrogen-bond donors (Lipinski definition) is 2. The summed E-state index contributed by atoms with van der Waals surface area (Å²) in [6.07, 6.45) is 2.92. The van der Waals surface area contributed by atoms with Gasteiger partial charge in [-0.25, -0.2) is 0 Å². The van der Waals surface area contributed by atoms with Crippen LogP contribution in [-0.2, 0) is 23.3 Å². The van der Waals surface area contributed by atoms with Crippen LogP contribution < -0.4 is 10.1 Å². The number of carbonyl (C=O) groups excluding carboxylic acids is 1. The molecule has 0 saturated heterocycles. The SMILES string of the molecule is CCc1c(C(=O)NCc2ccc(OCCCC(=O)O)cc2)cnn1C(C)(C)C. The zero-order valence-electron chi connectivity index (χ0n) is 17.0. The van der Waals surface area contributed by atoms with Gasteiger partial charge in [0.1, 0.15) is 5.75 Å². The Morgan fingerprint density at radius 1 is 1.21 bits per heavy atom. The number of nitrogens with one attached hydrogen (secondary N) is 1. The predicted octanol–water partition coefficient (Wildman–Crippen LogP) is 3.37. The van der Waals surface area contributed by atoms with Gasteiger partial charge < -0.3 is 15.2 Å². The van der Waals surface area contributed by atoms with E-state index >= 15 is 0 Å². The topological polar surface area (TPSA) is 93.4 Å². The number of amides is 1. The van der Waals surface area contributed by atoms with E-state index in [0.717, 1.165) is 17.7 Å². The number of rotatable bonds is 9. The van der Waals surface area contributed by atoms with Crippen molar-refractivity contribution in [2.24, 2.45) is 0 Å². The molecule has 1 aromatic carbocycles. The van der Waals surface area contributed by atoms with Crippen LogP contribution in [0.4, 0.5) is 0 Å². The third kappa shape index (κ3) is 5.84. The highest BCUT2D eigenvalue weighted by Crippen LogP contribution is 2.20. The van der Waals surface area contributed by atoms with E-state index in [1.807, 2.05) is 35.9 Å². The minimum absolute atomic E-state index is 0.0929. The van der Waals surface area contributed by atoms with Crippen LogP contribution in [0.5, 0.6) is 5.75 Å². The minimum atomic E-state index is -0.825. The average molecular weight is 387 g/mol. The van der Waals surface area contributed by atoms with Gasteiger partial charge in [-0.05, 0) is 51.3 Å². The highest BCUT2D eigenvalue weighted by molar-refractivity contribution is 5.95. The summed E-state index contributed by atoms with van der Waals surface area (Å²) in [5.41, 5.74) is 2.31. The highest BCUT2D eigenvalue weighted by Gasteiger charge is 2.22. The molecule has 0 spiro atoms. The Labute approximate surface area is 165 Å². The second-order valence-corrected chi connectivity index (χ2v) is 7.61. The van der Waals surface area contributed by atoms with Crippen molar-refractivity contribution in [1.29, 1.82) is 0 Å². The first-order valence-electron chi connectivity index (χ1n) is 9.51. The molecule has 0 aliphatic heterocycles. The van der Waals surface area contributed by atoms with Crippen LogP contribution in [0.1, 0.15) is 62.2 Å². The Balaban J connectivity index is 1.91.